The largest absolute Gasteiger partial charge is 0.495 e. The van der Waals surface area contributed by atoms with E-state index in [0.29, 0.717) is 24.5 Å². The molecular formula is C23H25FN4O4S. The number of aromatic nitrogens is 2. The molecule has 0 atom stereocenters. The molecule has 0 spiro atoms. The molecule has 0 aliphatic carbocycles. The number of carbonyl (C=O) groups excluding carboxylic acids is 1. The number of carbonyl (C=O) groups is 1. The average molecular weight is 473 g/mol. The third-order valence-corrected chi connectivity index (χ3v) is 7.66. The molecule has 1 aliphatic heterocycles. The van der Waals surface area contributed by atoms with Gasteiger partial charge in [-0.05, 0) is 51.0 Å². The van der Waals surface area contributed by atoms with Crippen molar-refractivity contribution < 1.29 is 22.3 Å². The minimum Gasteiger partial charge on any atom is -0.495 e. The van der Waals surface area contributed by atoms with Crippen molar-refractivity contribution in [3.05, 3.63) is 53.1 Å². The van der Waals surface area contributed by atoms with Crippen LogP contribution >= 0.6 is 0 Å². The molecule has 10 heteroatoms. The lowest BCUT2D eigenvalue weighted by Crippen LogP contribution is -2.35. The first-order chi connectivity index (χ1) is 15.7. The number of halogens is 1. The van der Waals surface area contributed by atoms with E-state index in [2.05, 4.69) is 15.3 Å². The number of benzene rings is 2. The summed E-state index contributed by atoms with van der Waals surface area (Å²) in [6, 6.07) is 6.71. The maximum atomic E-state index is 14.2. The van der Waals surface area contributed by atoms with Gasteiger partial charge in [-0.3, -0.25) is 4.79 Å². The average Bonchev–Trinajstić information content (AvgIpc) is 2.80. The Hall–Kier alpha value is -3.11. The molecule has 3 aromatic rings. The monoisotopic (exact) mass is 472 g/mol. The summed E-state index contributed by atoms with van der Waals surface area (Å²) >= 11 is 0. The Morgan fingerprint density at radius 1 is 1.06 bits per heavy atom. The van der Waals surface area contributed by atoms with E-state index in [0.717, 1.165) is 25.3 Å². The highest BCUT2D eigenvalue weighted by Crippen LogP contribution is 2.31. The van der Waals surface area contributed by atoms with E-state index in [1.165, 1.54) is 35.7 Å². The van der Waals surface area contributed by atoms with Crippen LogP contribution in [-0.2, 0) is 10.0 Å². The van der Waals surface area contributed by atoms with Gasteiger partial charge in [-0.15, -0.1) is 0 Å². The molecule has 2 aromatic carbocycles. The van der Waals surface area contributed by atoms with Crippen LogP contribution in [0.3, 0.4) is 0 Å². The number of ether oxygens (including phenoxy) is 1. The minimum absolute atomic E-state index is 0.0110. The molecule has 4 rings (SSSR count). The second-order valence-corrected chi connectivity index (χ2v) is 9.91. The first-order valence-corrected chi connectivity index (χ1v) is 12.1. The second kappa shape index (κ2) is 9.03. The SMILES string of the molecule is COc1ccc(NC(=O)c2cc(F)cc3nc(C)c(C)nc23)cc1S(=O)(=O)N1CCCCC1. The molecule has 174 valence electrons. The first-order valence-electron chi connectivity index (χ1n) is 10.6. The fourth-order valence-corrected chi connectivity index (χ4v) is 5.57. The lowest BCUT2D eigenvalue weighted by Gasteiger charge is -2.26. The van der Waals surface area contributed by atoms with E-state index in [9.17, 15) is 17.6 Å². The Morgan fingerprint density at radius 2 is 1.76 bits per heavy atom. The summed E-state index contributed by atoms with van der Waals surface area (Å²) in [5.74, 6) is -1.05. The Bertz CT molecular complexity index is 1340. The molecule has 1 fully saturated rings. The van der Waals surface area contributed by atoms with Crippen molar-refractivity contribution in [1.29, 1.82) is 0 Å². The minimum atomic E-state index is -3.80. The Kier molecular flexibility index (Phi) is 6.31. The van der Waals surface area contributed by atoms with Gasteiger partial charge in [0.15, 0.2) is 0 Å². The molecule has 1 aromatic heterocycles. The molecular weight excluding hydrogens is 447 g/mol. The zero-order chi connectivity index (χ0) is 23.8. The van der Waals surface area contributed by atoms with E-state index >= 15 is 0 Å². The quantitative estimate of drug-likeness (QED) is 0.606. The zero-order valence-electron chi connectivity index (χ0n) is 18.7. The van der Waals surface area contributed by atoms with E-state index in [1.54, 1.807) is 13.8 Å². The van der Waals surface area contributed by atoms with Crippen molar-refractivity contribution >= 4 is 32.7 Å². The molecule has 1 N–H and O–H groups in total. The number of fused-ring (bicyclic) bond motifs is 1. The standard InChI is InChI=1S/C23H25FN4O4S/c1-14-15(2)26-22-18(11-16(24)12-19(22)25-14)23(29)27-17-7-8-20(32-3)21(13-17)33(30,31)28-9-5-4-6-10-28/h7-8,11-13H,4-6,9-10H2,1-3H3,(H,27,29). The van der Waals surface area contributed by atoms with Crippen LogP contribution in [0.15, 0.2) is 35.2 Å². The summed E-state index contributed by atoms with van der Waals surface area (Å²) in [7, 11) is -2.41. The van der Waals surface area contributed by atoms with Gasteiger partial charge in [0, 0.05) is 24.8 Å². The lowest BCUT2D eigenvalue weighted by molar-refractivity contribution is 0.102. The molecule has 0 saturated carbocycles. The third-order valence-electron chi connectivity index (χ3n) is 5.74. The molecule has 0 radical (unpaired) electrons. The fraction of sp³-hybridized carbons (Fsp3) is 0.348. The number of nitrogens with one attached hydrogen (secondary N) is 1. The van der Waals surface area contributed by atoms with Gasteiger partial charge in [0.1, 0.15) is 22.0 Å². The molecule has 0 unspecified atom stereocenters. The molecule has 1 saturated heterocycles. The van der Waals surface area contributed by atoms with Crippen LogP contribution < -0.4 is 10.1 Å². The van der Waals surface area contributed by atoms with E-state index in [4.69, 9.17) is 4.74 Å². The van der Waals surface area contributed by atoms with Gasteiger partial charge < -0.3 is 10.1 Å². The van der Waals surface area contributed by atoms with Crippen LogP contribution in [0, 0.1) is 19.7 Å². The van der Waals surface area contributed by atoms with E-state index in [-0.39, 0.29) is 32.9 Å². The maximum Gasteiger partial charge on any atom is 0.258 e. The van der Waals surface area contributed by atoms with Crippen molar-refractivity contribution in [2.75, 3.05) is 25.5 Å². The molecule has 2 heterocycles. The number of anilines is 1. The van der Waals surface area contributed by atoms with Crippen LogP contribution in [0.4, 0.5) is 10.1 Å². The number of piperidine rings is 1. The van der Waals surface area contributed by atoms with Crippen LogP contribution in [-0.4, -0.2) is 48.8 Å². The number of hydrogen-bond acceptors (Lipinski definition) is 6. The summed E-state index contributed by atoms with van der Waals surface area (Å²) in [4.78, 5) is 21.8. The molecule has 8 nitrogen and oxygen atoms in total. The Labute approximate surface area is 191 Å². The van der Waals surface area contributed by atoms with Gasteiger partial charge in [-0.25, -0.2) is 22.8 Å². The van der Waals surface area contributed by atoms with Gasteiger partial charge in [-0.2, -0.15) is 4.31 Å². The van der Waals surface area contributed by atoms with Gasteiger partial charge in [0.05, 0.1) is 29.6 Å². The summed E-state index contributed by atoms with van der Waals surface area (Å²) < 4.78 is 47.4. The number of methoxy groups -OCH3 is 1. The van der Waals surface area contributed by atoms with Crippen molar-refractivity contribution in [3.8, 4) is 5.75 Å². The number of nitrogens with zero attached hydrogens (tertiary/aromatic N) is 3. The van der Waals surface area contributed by atoms with Crippen molar-refractivity contribution in [2.45, 2.75) is 38.0 Å². The van der Waals surface area contributed by atoms with Crippen molar-refractivity contribution in [3.63, 3.8) is 0 Å². The molecule has 0 bridgehead atoms. The molecule has 1 amide bonds. The Balaban J connectivity index is 1.71. The van der Waals surface area contributed by atoms with Gasteiger partial charge in [-0.1, -0.05) is 6.42 Å². The van der Waals surface area contributed by atoms with Crippen LogP contribution in [0.5, 0.6) is 5.75 Å². The maximum absolute atomic E-state index is 14.2. The predicted molar refractivity (Wildman–Crippen MR) is 123 cm³/mol. The van der Waals surface area contributed by atoms with Gasteiger partial charge >= 0.3 is 0 Å². The number of aryl methyl sites for hydroxylation is 2. The van der Waals surface area contributed by atoms with Crippen LogP contribution in [0.2, 0.25) is 0 Å². The van der Waals surface area contributed by atoms with Crippen molar-refractivity contribution in [2.24, 2.45) is 0 Å². The van der Waals surface area contributed by atoms with E-state index < -0.39 is 21.7 Å². The number of sulfonamides is 1. The number of rotatable bonds is 5. The Morgan fingerprint density at radius 3 is 2.45 bits per heavy atom. The number of hydrogen-bond donors (Lipinski definition) is 1. The first kappa shape index (κ1) is 23.1. The van der Waals surface area contributed by atoms with Crippen molar-refractivity contribution in [1.82, 2.24) is 14.3 Å². The zero-order valence-corrected chi connectivity index (χ0v) is 19.5. The second-order valence-electron chi connectivity index (χ2n) is 8.00. The number of amides is 1. The topological polar surface area (TPSA) is 101 Å². The fourth-order valence-electron chi connectivity index (χ4n) is 3.87. The van der Waals surface area contributed by atoms with E-state index in [1.807, 2.05) is 0 Å². The van der Waals surface area contributed by atoms with Crippen LogP contribution in [0.25, 0.3) is 11.0 Å². The highest BCUT2D eigenvalue weighted by molar-refractivity contribution is 7.89. The molecule has 1 aliphatic rings. The molecule has 33 heavy (non-hydrogen) atoms. The summed E-state index contributed by atoms with van der Waals surface area (Å²) in [6.45, 7) is 4.39. The van der Waals surface area contributed by atoms with Crippen LogP contribution in [0.1, 0.15) is 41.0 Å². The van der Waals surface area contributed by atoms with Gasteiger partial charge in [0.25, 0.3) is 5.91 Å². The normalized spacial score (nSPS) is 14.9. The smallest absolute Gasteiger partial charge is 0.258 e. The predicted octanol–water partition coefficient (Wildman–Crippen LogP) is 3.82. The highest BCUT2D eigenvalue weighted by Gasteiger charge is 2.29. The summed E-state index contributed by atoms with van der Waals surface area (Å²) in [5.41, 5.74) is 2.06. The third kappa shape index (κ3) is 4.53. The highest BCUT2D eigenvalue weighted by atomic mass is 32.2. The summed E-state index contributed by atoms with van der Waals surface area (Å²) in [5, 5.41) is 2.67. The lowest BCUT2D eigenvalue weighted by atomic mass is 10.1. The summed E-state index contributed by atoms with van der Waals surface area (Å²) in [6.07, 6.45) is 2.58. The van der Waals surface area contributed by atoms with Gasteiger partial charge in [0.2, 0.25) is 10.0 Å².